The number of piperidine rings is 1. The Bertz CT molecular complexity index is 747. The summed E-state index contributed by atoms with van der Waals surface area (Å²) < 4.78 is 23.2. The molecule has 0 aliphatic carbocycles. The fourth-order valence-corrected chi connectivity index (χ4v) is 5.40. The number of rotatable bonds is 4. The highest BCUT2D eigenvalue weighted by molar-refractivity contribution is 7.90. The van der Waals surface area contributed by atoms with Crippen molar-refractivity contribution in [3.8, 4) is 0 Å². The summed E-state index contributed by atoms with van der Waals surface area (Å²) in [6.45, 7) is 5.59. The molecule has 0 unspecified atom stereocenters. The van der Waals surface area contributed by atoms with Crippen molar-refractivity contribution >= 4 is 21.4 Å². The zero-order chi connectivity index (χ0) is 18.2. The summed E-state index contributed by atoms with van der Waals surface area (Å²) in [4.78, 5) is 17.3. The Morgan fingerprint density at radius 2 is 2.04 bits per heavy atom. The van der Waals surface area contributed by atoms with Crippen LogP contribution in [0.3, 0.4) is 0 Å². The Kier molecular flexibility index (Phi) is 5.21. The molecule has 2 heterocycles. The van der Waals surface area contributed by atoms with Gasteiger partial charge in [-0.2, -0.15) is 0 Å². The van der Waals surface area contributed by atoms with Crippen molar-refractivity contribution in [2.75, 3.05) is 30.0 Å². The van der Waals surface area contributed by atoms with Crippen molar-refractivity contribution in [3.05, 3.63) is 29.8 Å². The standard InChI is InChI=1S/C19H28N2O3S/c1-14-11-17-8-4-5-9-18(17)21(14)19(22)15(2)20-10-6-7-16(12-20)13-25(3,23)24/h4-5,8-9,14-16H,6-7,10-13H2,1-3H3/t14-,15+,16-/m0/s1. The summed E-state index contributed by atoms with van der Waals surface area (Å²) in [6, 6.07) is 8.05. The first-order valence-corrected chi connectivity index (χ1v) is 11.1. The predicted molar refractivity (Wildman–Crippen MR) is 101 cm³/mol. The van der Waals surface area contributed by atoms with Gasteiger partial charge in [0.2, 0.25) is 5.91 Å². The van der Waals surface area contributed by atoms with Crippen molar-refractivity contribution in [1.82, 2.24) is 4.90 Å². The second-order valence-electron chi connectivity index (χ2n) is 7.66. The third-order valence-electron chi connectivity index (χ3n) is 5.44. The number of hydrogen-bond acceptors (Lipinski definition) is 4. The van der Waals surface area contributed by atoms with Gasteiger partial charge in [0.25, 0.3) is 0 Å². The number of nitrogens with zero attached hydrogens (tertiary/aromatic N) is 2. The van der Waals surface area contributed by atoms with Crippen molar-refractivity contribution in [3.63, 3.8) is 0 Å². The molecule has 2 aliphatic heterocycles. The van der Waals surface area contributed by atoms with Gasteiger partial charge in [-0.1, -0.05) is 18.2 Å². The van der Waals surface area contributed by atoms with Crippen molar-refractivity contribution in [1.29, 1.82) is 0 Å². The van der Waals surface area contributed by atoms with Crippen LogP contribution in [0, 0.1) is 5.92 Å². The first-order chi connectivity index (χ1) is 11.8. The van der Waals surface area contributed by atoms with E-state index in [9.17, 15) is 13.2 Å². The Labute approximate surface area is 150 Å². The van der Waals surface area contributed by atoms with E-state index in [0.717, 1.165) is 31.5 Å². The fraction of sp³-hybridized carbons (Fsp3) is 0.632. The molecular formula is C19H28N2O3S. The van der Waals surface area contributed by atoms with Crippen molar-refractivity contribution in [2.45, 2.75) is 45.2 Å². The van der Waals surface area contributed by atoms with Crippen LogP contribution in [0.2, 0.25) is 0 Å². The largest absolute Gasteiger partial charge is 0.308 e. The Morgan fingerprint density at radius 1 is 1.32 bits per heavy atom. The second kappa shape index (κ2) is 7.08. The monoisotopic (exact) mass is 364 g/mol. The molecule has 0 N–H and O–H groups in total. The summed E-state index contributed by atoms with van der Waals surface area (Å²) in [6.07, 6.45) is 4.06. The topological polar surface area (TPSA) is 57.7 Å². The second-order valence-corrected chi connectivity index (χ2v) is 9.85. The summed E-state index contributed by atoms with van der Waals surface area (Å²) in [5.74, 6) is 0.465. The summed E-state index contributed by atoms with van der Waals surface area (Å²) in [5, 5.41) is 0. The Hall–Kier alpha value is -1.40. The fourth-order valence-electron chi connectivity index (χ4n) is 4.27. The molecule has 1 amide bonds. The number of benzene rings is 1. The molecular weight excluding hydrogens is 336 g/mol. The number of carbonyl (C=O) groups excluding carboxylic acids is 1. The molecule has 3 atom stereocenters. The molecule has 0 bridgehead atoms. The van der Waals surface area contributed by atoms with E-state index >= 15 is 0 Å². The van der Waals surface area contributed by atoms with Gasteiger partial charge in [-0.05, 0) is 57.2 Å². The van der Waals surface area contributed by atoms with Crippen LogP contribution < -0.4 is 4.90 Å². The van der Waals surface area contributed by atoms with Gasteiger partial charge < -0.3 is 4.90 Å². The first kappa shape index (κ1) is 18.4. The summed E-state index contributed by atoms with van der Waals surface area (Å²) in [5.41, 5.74) is 2.25. The molecule has 1 aromatic rings. The van der Waals surface area contributed by atoms with E-state index in [1.54, 1.807) is 0 Å². The minimum Gasteiger partial charge on any atom is -0.308 e. The van der Waals surface area contributed by atoms with E-state index in [2.05, 4.69) is 17.9 Å². The molecule has 5 nitrogen and oxygen atoms in total. The van der Waals surface area contributed by atoms with Gasteiger partial charge in [0.15, 0.2) is 0 Å². The lowest BCUT2D eigenvalue weighted by Crippen LogP contribution is -2.52. The first-order valence-electron chi connectivity index (χ1n) is 9.09. The van der Waals surface area contributed by atoms with Gasteiger partial charge in [-0.3, -0.25) is 9.69 Å². The van der Waals surface area contributed by atoms with Gasteiger partial charge in [0.1, 0.15) is 9.84 Å². The average Bonchev–Trinajstić information content (AvgIpc) is 2.88. The number of carbonyl (C=O) groups is 1. The van der Waals surface area contributed by atoms with Crippen LogP contribution in [-0.2, 0) is 21.1 Å². The number of fused-ring (bicyclic) bond motifs is 1. The molecule has 138 valence electrons. The minimum atomic E-state index is -2.98. The number of sulfone groups is 1. The highest BCUT2D eigenvalue weighted by atomic mass is 32.2. The van der Waals surface area contributed by atoms with Crippen LogP contribution in [0.1, 0.15) is 32.3 Å². The lowest BCUT2D eigenvalue weighted by atomic mass is 9.98. The molecule has 1 fully saturated rings. The summed E-state index contributed by atoms with van der Waals surface area (Å²) in [7, 11) is -2.98. The van der Waals surface area contributed by atoms with E-state index in [0.29, 0.717) is 6.54 Å². The molecule has 3 rings (SSSR count). The molecule has 2 aliphatic rings. The quantitative estimate of drug-likeness (QED) is 0.821. The third-order valence-corrected chi connectivity index (χ3v) is 6.52. The van der Waals surface area contributed by atoms with Crippen LogP contribution in [0.25, 0.3) is 0 Å². The number of hydrogen-bond donors (Lipinski definition) is 0. The predicted octanol–water partition coefficient (Wildman–Crippen LogP) is 2.11. The van der Waals surface area contributed by atoms with Crippen molar-refractivity contribution < 1.29 is 13.2 Å². The van der Waals surface area contributed by atoms with E-state index in [-0.39, 0.29) is 29.7 Å². The molecule has 0 aromatic heterocycles. The molecule has 1 saturated heterocycles. The van der Waals surface area contributed by atoms with Crippen LogP contribution in [0.5, 0.6) is 0 Å². The van der Waals surface area contributed by atoms with Crippen LogP contribution in [0.4, 0.5) is 5.69 Å². The minimum absolute atomic E-state index is 0.123. The smallest absolute Gasteiger partial charge is 0.244 e. The maximum Gasteiger partial charge on any atom is 0.244 e. The SMILES string of the molecule is C[C@H](C(=O)N1c2ccccc2C[C@@H]1C)N1CCC[C@H](CS(C)(=O)=O)C1. The highest BCUT2D eigenvalue weighted by Gasteiger charge is 2.36. The van der Waals surface area contributed by atoms with Gasteiger partial charge in [0, 0.05) is 24.5 Å². The van der Waals surface area contributed by atoms with Crippen LogP contribution in [-0.4, -0.2) is 56.4 Å². The molecule has 0 spiro atoms. The van der Waals surface area contributed by atoms with E-state index < -0.39 is 9.84 Å². The number of para-hydroxylation sites is 1. The Morgan fingerprint density at radius 3 is 2.76 bits per heavy atom. The molecule has 25 heavy (non-hydrogen) atoms. The zero-order valence-electron chi connectivity index (χ0n) is 15.3. The highest BCUT2D eigenvalue weighted by Crippen LogP contribution is 2.33. The number of amides is 1. The van der Waals surface area contributed by atoms with Gasteiger partial charge in [-0.25, -0.2) is 8.42 Å². The number of anilines is 1. The maximum absolute atomic E-state index is 13.2. The maximum atomic E-state index is 13.2. The Balaban J connectivity index is 1.72. The normalized spacial score (nSPS) is 25.6. The molecule has 0 radical (unpaired) electrons. The van der Waals surface area contributed by atoms with E-state index in [1.807, 2.05) is 30.0 Å². The summed E-state index contributed by atoms with van der Waals surface area (Å²) >= 11 is 0. The molecule has 1 aromatic carbocycles. The lowest BCUT2D eigenvalue weighted by molar-refractivity contribution is -0.124. The zero-order valence-corrected chi connectivity index (χ0v) is 16.1. The molecule has 6 heteroatoms. The third kappa shape index (κ3) is 4.06. The lowest BCUT2D eigenvalue weighted by Gasteiger charge is -2.38. The van der Waals surface area contributed by atoms with Crippen LogP contribution >= 0.6 is 0 Å². The average molecular weight is 365 g/mol. The number of likely N-dealkylation sites (tertiary alicyclic amines) is 1. The molecule has 0 saturated carbocycles. The van der Waals surface area contributed by atoms with E-state index in [1.165, 1.54) is 11.8 Å². The van der Waals surface area contributed by atoms with Gasteiger partial charge >= 0.3 is 0 Å². The van der Waals surface area contributed by atoms with Crippen LogP contribution in [0.15, 0.2) is 24.3 Å². The van der Waals surface area contributed by atoms with Gasteiger partial charge in [0.05, 0.1) is 11.8 Å². The van der Waals surface area contributed by atoms with Gasteiger partial charge in [-0.15, -0.1) is 0 Å². The van der Waals surface area contributed by atoms with Crippen molar-refractivity contribution in [2.24, 2.45) is 5.92 Å². The van der Waals surface area contributed by atoms with E-state index in [4.69, 9.17) is 0 Å².